The maximum Gasteiger partial charge on any atom is 0.333 e. The van der Waals surface area contributed by atoms with Crippen LogP contribution >= 0.6 is 17.7 Å². The van der Waals surface area contributed by atoms with Crippen LogP contribution in [0.15, 0.2) is 24.0 Å². The lowest BCUT2D eigenvalue weighted by Gasteiger charge is -2.56. The number of esters is 1. The number of aliphatic carboxylic acids is 2. The zero-order valence-electron chi connectivity index (χ0n) is 29.5. The highest BCUT2D eigenvalue weighted by Gasteiger charge is 2.65. The fraction of sp³-hybridized carbons (Fsp3) is 0.600. The average Bonchev–Trinajstić information content (AvgIpc) is 3.47. The van der Waals surface area contributed by atoms with Crippen molar-refractivity contribution in [3.8, 4) is 11.5 Å². The number of allylic oxidation sites excluding steroid dienone is 1. The highest BCUT2D eigenvalue weighted by atomic mass is 31.1. The van der Waals surface area contributed by atoms with E-state index in [2.05, 4.69) is 54.5 Å². The van der Waals surface area contributed by atoms with Crippen molar-refractivity contribution in [2.45, 2.75) is 99.9 Å². The minimum Gasteiger partial charge on any atom is -0.493 e. The third kappa shape index (κ3) is 8.29. The summed E-state index contributed by atoms with van der Waals surface area (Å²) in [4.78, 5) is 66.3. The summed E-state index contributed by atoms with van der Waals surface area (Å²) in [6, 6.07) is 0.814. The van der Waals surface area contributed by atoms with Crippen molar-refractivity contribution in [1.29, 1.82) is 0 Å². The Balaban J connectivity index is 1.34. The van der Waals surface area contributed by atoms with Crippen molar-refractivity contribution >= 4 is 53.8 Å². The monoisotopic (exact) mass is 761 g/mol. The molecule has 2 bridgehead atoms. The molecule has 284 valence electrons. The van der Waals surface area contributed by atoms with Crippen molar-refractivity contribution in [2.75, 3.05) is 27.2 Å². The van der Waals surface area contributed by atoms with Crippen LogP contribution < -0.4 is 30.3 Å². The fourth-order valence-electron chi connectivity index (χ4n) is 8.27. The van der Waals surface area contributed by atoms with Crippen LogP contribution in [0.3, 0.4) is 0 Å². The molecule has 1 spiro atoms. The second kappa shape index (κ2) is 17.5. The van der Waals surface area contributed by atoms with Crippen LogP contribution in [0.5, 0.6) is 11.5 Å². The predicted octanol–water partition coefficient (Wildman–Crippen LogP) is 1.90. The van der Waals surface area contributed by atoms with Gasteiger partial charge in [0.25, 0.3) is 0 Å². The molecule has 1 aromatic rings. The van der Waals surface area contributed by atoms with E-state index in [0.717, 1.165) is 46.3 Å². The largest absolute Gasteiger partial charge is 0.493 e. The van der Waals surface area contributed by atoms with Crippen molar-refractivity contribution in [1.82, 2.24) is 25.7 Å². The van der Waals surface area contributed by atoms with E-state index in [4.69, 9.17) is 14.2 Å². The molecule has 0 saturated carbocycles. The summed E-state index contributed by atoms with van der Waals surface area (Å²) in [7, 11) is 6.80. The van der Waals surface area contributed by atoms with Gasteiger partial charge >= 0.3 is 17.9 Å². The number of carbonyl (C=O) groups excluding carboxylic acids is 3. The lowest BCUT2D eigenvalue weighted by Crippen LogP contribution is -2.63. The number of rotatable bonds is 20. The smallest absolute Gasteiger partial charge is 0.333 e. The Bertz CT molecular complexity index is 1590. The Morgan fingerprint density at radius 2 is 1.75 bits per heavy atom. The van der Waals surface area contributed by atoms with Gasteiger partial charge in [0.2, 0.25) is 11.8 Å². The van der Waals surface area contributed by atoms with E-state index in [1.165, 1.54) is 5.56 Å². The van der Waals surface area contributed by atoms with Gasteiger partial charge in [-0.25, -0.2) is 4.79 Å². The summed E-state index contributed by atoms with van der Waals surface area (Å²) in [5.41, 5.74) is 1.80. The number of likely N-dealkylation sites (tertiary alicyclic amines) is 1. The maximum atomic E-state index is 13.9. The van der Waals surface area contributed by atoms with Crippen LogP contribution in [-0.4, -0.2) is 109 Å². The molecule has 52 heavy (non-hydrogen) atoms. The number of unbranched alkanes of at least 4 members (excludes halogenated alkanes) is 1. The van der Waals surface area contributed by atoms with E-state index in [1.54, 1.807) is 7.11 Å². The Labute approximate surface area is 307 Å². The highest BCUT2D eigenvalue weighted by molar-refractivity contribution is 7.34. The first-order valence-corrected chi connectivity index (χ1v) is 19.3. The van der Waals surface area contributed by atoms with E-state index in [-0.39, 0.29) is 24.8 Å². The van der Waals surface area contributed by atoms with Crippen LogP contribution in [0.4, 0.5) is 0 Å². The second-order valence-corrected chi connectivity index (χ2v) is 14.8. The third-order valence-corrected chi connectivity index (χ3v) is 11.7. The molecule has 0 aromatic heterocycles. The molecular formula is C35H49N5O10P2. The van der Waals surface area contributed by atoms with Gasteiger partial charge in [-0.1, -0.05) is 28.2 Å². The molecule has 1 fully saturated rings. The molecule has 0 radical (unpaired) electrons. The minimum atomic E-state index is -1.41. The number of amides is 2. The average molecular weight is 762 g/mol. The number of nitrogens with one attached hydrogen (secondary N) is 4. The number of hydrogen-bond acceptors (Lipinski definition) is 11. The normalized spacial score (nSPS) is 24.4. The highest BCUT2D eigenvalue weighted by Crippen LogP contribution is 2.63. The van der Waals surface area contributed by atoms with Gasteiger partial charge in [-0.2, -0.15) is 0 Å². The molecule has 2 heterocycles. The molecule has 15 nitrogen and oxygen atoms in total. The summed E-state index contributed by atoms with van der Waals surface area (Å²) >= 11 is 0. The summed E-state index contributed by atoms with van der Waals surface area (Å²) in [5, 5.41) is 30.0. The molecule has 4 aliphatic rings. The molecule has 17 heteroatoms. The molecular weight excluding hydrogens is 712 g/mol. The van der Waals surface area contributed by atoms with E-state index >= 15 is 0 Å². The van der Waals surface area contributed by atoms with Gasteiger partial charge in [0, 0.05) is 36.4 Å². The summed E-state index contributed by atoms with van der Waals surface area (Å²) in [5.74, 6) is -2.87. The number of carboxylic acid groups (broad SMARTS) is 2. The van der Waals surface area contributed by atoms with E-state index in [9.17, 15) is 34.2 Å². The van der Waals surface area contributed by atoms with Gasteiger partial charge in [0.05, 0.1) is 13.2 Å². The van der Waals surface area contributed by atoms with Crippen molar-refractivity contribution in [3.05, 3.63) is 35.1 Å². The SMILES string of the molecule is C=PNCCCC[C@H](NP)C(=O)NC(CCC(=O)O)C(=O)NC(CCC(=O)O)C(=O)OC1=CC[C@H]2[C@H]3Cc4ccc(OC)c5c4[C@@]2(CCN3C)[C@H]1O5. The number of piperidine rings is 1. The third-order valence-electron chi connectivity index (χ3n) is 10.8. The van der Waals surface area contributed by atoms with Crippen molar-refractivity contribution in [2.24, 2.45) is 5.92 Å². The number of methoxy groups -OCH3 is 1. The number of carboxylic acids is 2. The molecule has 5 rings (SSSR count). The first-order valence-electron chi connectivity index (χ1n) is 17.6. The molecule has 6 N–H and O–H groups in total. The fourth-order valence-corrected chi connectivity index (χ4v) is 8.90. The van der Waals surface area contributed by atoms with Crippen LogP contribution in [0.1, 0.15) is 68.9 Å². The first-order chi connectivity index (χ1) is 24.9. The van der Waals surface area contributed by atoms with Crippen LogP contribution in [0.25, 0.3) is 0 Å². The lowest BCUT2D eigenvalue weighted by atomic mass is 9.53. The molecule has 2 amide bonds. The molecule has 2 aliphatic carbocycles. The van der Waals surface area contributed by atoms with Gasteiger partial charge in [-0.05, 0) is 90.5 Å². The van der Waals surface area contributed by atoms with E-state index in [0.29, 0.717) is 36.5 Å². The number of carbonyl (C=O) groups is 5. The number of likely N-dealkylation sites (N-methyl/N-ethyl adjacent to an activating group) is 1. The number of benzene rings is 1. The van der Waals surface area contributed by atoms with Crippen molar-refractivity contribution in [3.63, 3.8) is 0 Å². The topological polar surface area (TPSA) is 205 Å². The number of hydrogen-bond donors (Lipinski definition) is 6. The predicted molar refractivity (Wildman–Crippen MR) is 196 cm³/mol. The van der Waals surface area contributed by atoms with E-state index < -0.39 is 72.2 Å². The standard InChI is InChI=1S/C35H49N5O10P2/c1-40-17-15-35-20-8-12-26(31(35)50-30-25(48-2)11-7-19(29(30)35)18-24(20)40)49-34(47)23(10-14-28(43)44)38-32(45)21(9-13-27(41)42)37-33(46)22(39-51)6-4-5-16-36-52-3/h7,11-12,20-24,31,36,39H,3-6,8-10,13-18,51H2,1-2H3,(H,37,46)(H,38,45)(H,41,42)(H,43,44)/t20-,21?,22-,23?,24+,31-,35-/m0/s1. The lowest BCUT2D eigenvalue weighted by molar-refractivity contribution is -0.148. The molecule has 2 aliphatic heterocycles. The first kappa shape index (κ1) is 39.6. The summed E-state index contributed by atoms with van der Waals surface area (Å²) < 4.78 is 18.4. The minimum absolute atomic E-state index is 0.200. The zero-order valence-corrected chi connectivity index (χ0v) is 31.6. The Morgan fingerprint density at radius 1 is 1.06 bits per heavy atom. The second-order valence-electron chi connectivity index (χ2n) is 13.8. The van der Waals surface area contributed by atoms with Gasteiger partial charge in [0.1, 0.15) is 17.8 Å². The zero-order chi connectivity index (χ0) is 37.6. The van der Waals surface area contributed by atoms with Crippen LogP contribution in [-0.2, 0) is 40.5 Å². The maximum absolute atomic E-state index is 13.9. The Kier molecular flexibility index (Phi) is 13.3. The molecule has 3 unspecified atom stereocenters. The molecule has 1 saturated heterocycles. The summed E-state index contributed by atoms with van der Waals surface area (Å²) in [6.07, 6.45) is 7.64. The van der Waals surface area contributed by atoms with E-state index in [1.807, 2.05) is 12.1 Å². The Morgan fingerprint density at radius 3 is 2.42 bits per heavy atom. The number of nitrogens with zero attached hydrogens (tertiary/aromatic N) is 1. The number of ether oxygens (including phenoxy) is 3. The van der Waals surface area contributed by atoms with Crippen molar-refractivity contribution < 1.29 is 48.4 Å². The van der Waals surface area contributed by atoms with Gasteiger partial charge < -0.3 is 40.0 Å². The van der Waals surface area contributed by atoms with Crippen LogP contribution in [0.2, 0.25) is 0 Å². The summed E-state index contributed by atoms with van der Waals surface area (Å²) in [6.45, 7) is 1.54. The van der Waals surface area contributed by atoms with Gasteiger partial charge in [-0.3, -0.25) is 29.4 Å². The van der Waals surface area contributed by atoms with Gasteiger partial charge in [-0.15, -0.1) is 0 Å². The van der Waals surface area contributed by atoms with Crippen LogP contribution in [0, 0.1) is 5.92 Å². The molecule has 1 aromatic carbocycles. The molecule has 8 atom stereocenters. The quantitative estimate of drug-likeness (QED) is 0.0640. The Hall–Kier alpha value is -3.61. The van der Waals surface area contributed by atoms with Gasteiger partial charge in [0.15, 0.2) is 17.6 Å².